The van der Waals surface area contributed by atoms with E-state index < -0.39 is 0 Å². The minimum Gasteiger partial charge on any atom is -0.370 e. The highest BCUT2D eigenvalue weighted by molar-refractivity contribution is 5.90. The van der Waals surface area contributed by atoms with E-state index in [1.807, 2.05) is 13.1 Å². The molecule has 1 atom stereocenters. The molecule has 122 valence electrons. The van der Waals surface area contributed by atoms with E-state index in [0.29, 0.717) is 6.04 Å². The summed E-state index contributed by atoms with van der Waals surface area (Å²) in [5, 5.41) is 10.2. The summed E-state index contributed by atoms with van der Waals surface area (Å²) in [5.74, 6) is -0.0492. The highest BCUT2D eigenvalue weighted by Gasteiger charge is 2.20. The fourth-order valence-electron chi connectivity index (χ4n) is 2.93. The summed E-state index contributed by atoms with van der Waals surface area (Å²) in [5.41, 5.74) is 8.29. The van der Waals surface area contributed by atoms with E-state index in [1.54, 1.807) is 0 Å². The van der Waals surface area contributed by atoms with Gasteiger partial charge in [0.2, 0.25) is 0 Å². The van der Waals surface area contributed by atoms with Crippen LogP contribution in [-0.2, 0) is 6.42 Å². The average molecular weight is 304 g/mol. The zero-order valence-electron chi connectivity index (χ0n) is 13.9. The summed E-state index contributed by atoms with van der Waals surface area (Å²) < 4.78 is 0. The van der Waals surface area contributed by atoms with Gasteiger partial charge in [0.1, 0.15) is 0 Å². The topological polar surface area (TPSA) is 81.3 Å². The van der Waals surface area contributed by atoms with Gasteiger partial charge in [-0.25, -0.2) is 0 Å². The number of nitrogens with one attached hydrogen (secondary N) is 2. The number of hydrogen-bond donors (Lipinski definition) is 3. The first-order valence-electron chi connectivity index (χ1n) is 7.91. The lowest BCUT2D eigenvalue weighted by atomic mass is 10.0. The number of aryl methyl sites for hydroxylation is 1. The van der Waals surface area contributed by atoms with E-state index in [2.05, 4.69) is 40.3 Å². The van der Waals surface area contributed by atoms with Crippen molar-refractivity contribution in [1.82, 2.24) is 14.8 Å². The molecule has 4 N–H and O–H groups in total. The fourth-order valence-corrected chi connectivity index (χ4v) is 2.93. The SMILES string of the molecule is Cc1ncc(CCN2CCCC(N(C)C)C2)cc1NC(=N)N. The molecule has 2 heterocycles. The van der Waals surface area contributed by atoms with Crippen LogP contribution in [0, 0.1) is 12.3 Å². The largest absolute Gasteiger partial charge is 0.370 e. The number of likely N-dealkylation sites (tertiary alicyclic amines) is 1. The maximum Gasteiger partial charge on any atom is 0.190 e. The number of anilines is 1. The van der Waals surface area contributed by atoms with E-state index in [1.165, 1.54) is 24.9 Å². The molecule has 2 rings (SSSR count). The zero-order chi connectivity index (χ0) is 16.1. The number of nitrogens with zero attached hydrogens (tertiary/aromatic N) is 3. The average Bonchev–Trinajstić information content (AvgIpc) is 2.48. The van der Waals surface area contributed by atoms with Crippen LogP contribution >= 0.6 is 0 Å². The smallest absolute Gasteiger partial charge is 0.190 e. The van der Waals surface area contributed by atoms with Crippen molar-refractivity contribution in [2.24, 2.45) is 5.73 Å². The lowest BCUT2D eigenvalue weighted by Crippen LogP contribution is -2.45. The van der Waals surface area contributed by atoms with Crippen LogP contribution in [0.15, 0.2) is 12.3 Å². The van der Waals surface area contributed by atoms with Crippen molar-refractivity contribution in [1.29, 1.82) is 5.41 Å². The number of piperidine rings is 1. The zero-order valence-corrected chi connectivity index (χ0v) is 13.9. The Hall–Kier alpha value is -1.66. The van der Waals surface area contributed by atoms with Gasteiger partial charge in [-0.05, 0) is 58.5 Å². The minimum atomic E-state index is -0.0492. The molecule has 22 heavy (non-hydrogen) atoms. The molecule has 1 saturated heterocycles. The van der Waals surface area contributed by atoms with E-state index in [0.717, 1.165) is 30.9 Å². The molecule has 1 aromatic heterocycles. The summed E-state index contributed by atoms with van der Waals surface area (Å²) >= 11 is 0. The molecule has 0 radical (unpaired) electrons. The quantitative estimate of drug-likeness (QED) is 0.564. The van der Waals surface area contributed by atoms with Gasteiger partial charge in [0, 0.05) is 25.3 Å². The van der Waals surface area contributed by atoms with Crippen molar-refractivity contribution in [2.45, 2.75) is 32.2 Å². The number of guanidine groups is 1. The Morgan fingerprint density at radius 3 is 3.00 bits per heavy atom. The summed E-state index contributed by atoms with van der Waals surface area (Å²) in [6, 6.07) is 2.72. The van der Waals surface area contributed by atoms with Gasteiger partial charge in [0.25, 0.3) is 0 Å². The Bertz CT molecular complexity index is 513. The van der Waals surface area contributed by atoms with Crippen molar-refractivity contribution in [3.63, 3.8) is 0 Å². The predicted octanol–water partition coefficient (Wildman–Crippen LogP) is 1.26. The Kier molecular flexibility index (Phi) is 5.74. The second kappa shape index (κ2) is 7.56. The van der Waals surface area contributed by atoms with Gasteiger partial charge in [-0.3, -0.25) is 10.4 Å². The van der Waals surface area contributed by atoms with Gasteiger partial charge in [-0.2, -0.15) is 0 Å². The summed E-state index contributed by atoms with van der Waals surface area (Å²) in [6.07, 6.45) is 5.46. The van der Waals surface area contributed by atoms with Crippen LogP contribution in [0.4, 0.5) is 5.69 Å². The maximum absolute atomic E-state index is 7.35. The van der Waals surface area contributed by atoms with E-state index in [4.69, 9.17) is 11.1 Å². The van der Waals surface area contributed by atoms with Crippen LogP contribution < -0.4 is 11.1 Å². The molecule has 0 amide bonds. The first kappa shape index (κ1) is 16.7. The number of likely N-dealkylation sites (N-methyl/N-ethyl adjacent to an activating group) is 1. The van der Waals surface area contributed by atoms with Gasteiger partial charge < -0.3 is 20.9 Å². The van der Waals surface area contributed by atoms with Crippen LogP contribution in [0.25, 0.3) is 0 Å². The molecule has 6 heteroatoms. The summed E-state index contributed by atoms with van der Waals surface area (Å²) in [7, 11) is 4.33. The number of hydrogen-bond acceptors (Lipinski definition) is 4. The molecule has 0 bridgehead atoms. The molecule has 6 nitrogen and oxygen atoms in total. The third kappa shape index (κ3) is 4.68. The predicted molar refractivity (Wildman–Crippen MR) is 91.4 cm³/mol. The molecule has 1 unspecified atom stereocenters. The number of nitrogens with two attached hydrogens (primary N) is 1. The standard InChI is InChI=1S/C16H28N6/c1-12-15(20-16(17)18)9-13(10-19-12)6-8-22-7-4-5-14(11-22)21(2)3/h9-10,14H,4-8,11H2,1-3H3,(H4,17,18,20). The molecule has 1 aliphatic heterocycles. The van der Waals surface area contributed by atoms with Crippen LogP contribution in [-0.4, -0.2) is 60.5 Å². The van der Waals surface area contributed by atoms with Crippen LogP contribution in [0.2, 0.25) is 0 Å². The van der Waals surface area contributed by atoms with Gasteiger partial charge in [0.15, 0.2) is 5.96 Å². The third-order valence-electron chi connectivity index (χ3n) is 4.34. The number of pyridine rings is 1. The molecule has 1 fully saturated rings. The highest BCUT2D eigenvalue weighted by atomic mass is 15.2. The lowest BCUT2D eigenvalue weighted by molar-refractivity contribution is 0.134. The van der Waals surface area contributed by atoms with Gasteiger partial charge >= 0.3 is 0 Å². The Balaban J connectivity index is 1.92. The second-order valence-corrected chi connectivity index (χ2v) is 6.33. The number of aromatic nitrogens is 1. The fraction of sp³-hybridized carbons (Fsp3) is 0.625. The van der Waals surface area contributed by atoms with E-state index in [-0.39, 0.29) is 5.96 Å². The van der Waals surface area contributed by atoms with Gasteiger partial charge in [0.05, 0.1) is 11.4 Å². The molecule has 0 spiro atoms. The normalized spacial score (nSPS) is 19.4. The monoisotopic (exact) mass is 304 g/mol. The van der Waals surface area contributed by atoms with E-state index >= 15 is 0 Å². The maximum atomic E-state index is 7.35. The third-order valence-corrected chi connectivity index (χ3v) is 4.34. The van der Waals surface area contributed by atoms with Crippen LogP contribution in [0.3, 0.4) is 0 Å². The summed E-state index contributed by atoms with van der Waals surface area (Å²) in [4.78, 5) is 9.26. The molecule has 1 aromatic rings. The van der Waals surface area contributed by atoms with E-state index in [9.17, 15) is 0 Å². The molecular formula is C16H28N6. The first-order valence-corrected chi connectivity index (χ1v) is 7.91. The Morgan fingerprint density at radius 2 is 2.32 bits per heavy atom. The van der Waals surface area contributed by atoms with Crippen molar-refractivity contribution in [3.05, 3.63) is 23.5 Å². The highest BCUT2D eigenvalue weighted by Crippen LogP contribution is 2.17. The Labute approximate surface area is 133 Å². The molecule has 0 aliphatic carbocycles. The van der Waals surface area contributed by atoms with Gasteiger partial charge in [-0.15, -0.1) is 0 Å². The molecule has 1 aliphatic rings. The first-order chi connectivity index (χ1) is 10.5. The van der Waals surface area contributed by atoms with Crippen molar-refractivity contribution >= 4 is 11.6 Å². The van der Waals surface area contributed by atoms with Crippen LogP contribution in [0.1, 0.15) is 24.1 Å². The molecular weight excluding hydrogens is 276 g/mol. The molecule has 0 saturated carbocycles. The summed E-state index contributed by atoms with van der Waals surface area (Å²) in [6.45, 7) is 5.29. The lowest BCUT2D eigenvalue weighted by Gasteiger charge is -2.36. The number of rotatable bonds is 5. The second-order valence-electron chi connectivity index (χ2n) is 6.33. The van der Waals surface area contributed by atoms with Crippen molar-refractivity contribution < 1.29 is 0 Å². The van der Waals surface area contributed by atoms with Crippen molar-refractivity contribution in [3.8, 4) is 0 Å². The molecule has 0 aromatic carbocycles. The van der Waals surface area contributed by atoms with Crippen molar-refractivity contribution in [2.75, 3.05) is 39.0 Å². The van der Waals surface area contributed by atoms with Crippen LogP contribution in [0.5, 0.6) is 0 Å². The minimum absolute atomic E-state index is 0.0492. The van der Waals surface area contributed by atoms with Gasteiger partial charge in [-0.1, -0.05) is 0 Å². The Morgan fingerprint density at radius 1 is 1.55 bits per heavy atom.